The highest BCUT2D eigenvalue weighted by Crippen LogP contribution is 2.30. The van der Waals surface area contributed by atoms with E-state index in [2.05, 4.69) is 34.1 Å². The molecule has 0 radical (unpaired) electrons. The molecule has 2 aromatic rings. The molecule has 2 aliphatic rings. The van der Waals surface area contributed by atoms with Crippen molar-refractivity contribution in [3.05, 3.63) is 53.9 Å². The highest BCUT2D eigenvalue weighted by molar-refractivity contribution is 5.69. The predicted octanol–water partition coefficient (Wildman–Crippen LogP) is 4.38. The first kappa shape index (κ1) is 19.6. The summed E-state index contributed by atoms with van der Waals surface area (Å²) >= 11 is 0. The van der Waals surface area contributed by atoms with Crippen molar-refractivity contribution >= 4 is 11.8 Å². The summed E-state index contributed by atoms with van der Waals surface area (Å²) in [5.41, 5.74) is 3.28. The normalized spacial score (nSPS) is 18.7. The van der Waals surface area contributed by atoms with E-state index in [1.54, 1.807) is 11.1 Å². The molecule has 0 spiro atoms. The molecule has 4 rings (SSSR count). The summed E-state index contributed by atoms with van der Waals surface area (Å²) in [6.45, 7) is 8.60. The van der Waals surface area contributed by atoms with Crippen LogP contribution in [0.4, 0.5) is 10.5 Å². The number of aromatic nitrogens is 1. The zero-order valence-electron chi connectivity index (χ0n) is 17.4. The van der Waals surface area contributed by atoms with E-state index in [1.165, 1.54) is 11.1 Å². The maximum absolute atomic E-state index is 12.4. The Kier molecular flexibility index (Phi) is 5.35. The molecule has 1 amide bonds. The second-order valence-electron chi connectivity index (χ2n) is 8.78. The molecule has 6 heteroatoms. The Bertz CT molecular complexity index is 853. The standard InChI is InChI=1S/C23H29N3O3/c1-23(2,3)29-22(27)26-10-6-9-19(26)16-28-21-11-20(12-24-13-21)25-14-17-7-4-5-8-18(17)15-25/h4-5,7-8,11-13,19H,6,9-10,14-16H2,1-3H3/t19-/m0/s1. The number of pyridine rings is 1. The maximum Gasteiger partial charge on any atom is 0.410 e. The molecule has 1 saturated heterocycles. The number of hydrogen-bond donors (Lipinski definition) is 0. The lowest BCUT2D eigenvalue weighted by atomic mass is 10.1. The number of carbonyl (C=O) groups excluding carboxylic acids is 1. The van der Waals surface area contributed by atoms with Gasteiger partial charge in [0.05, 0.1) is 24.1 Å². The zero-order valence-corrected chi connectivity index (χ0v) is 17.4. The Labute approximate surface area is 172 Å². The van der Waals surface area contributed by atoms with E-state index < -0.39 is 5.60 Å². The van der Waals surface area contributed by atoms with Crippen molar-refractivity contribution in [3.63, 3.8) is 0 Å². The third kappa shape index (κ3) is 4.63. The molecule has 0 bridgehead atoms. The van der Waals surface area contributed by atoms with E-state index in [-0.39, 0.29) is 12.1 Å². The van der Waals surface area contributed by atoms with Crippen molar-refractivity contribution in [1.29, 1.82) is 0 Å². The van der Waals surface area contributed by atoms with E-state index in [1.807, 2.05) is 33.0 Å². The Balaban J connectivity index is 1.37. The van der Waals surface area contributed by atoms with Gasteiger partial charge in [-0.15, -0.1) is 0 Å². The number of benzene rings is 1. The SMILES string of the molecule is CC(C)(C)OC(=O)N1CCC[C@H]1COc1cncc(N2Cc3ccccc3C2)c1. The van der Waals surface area contributed by atoms with Crippen LogP contribution in [0, 0.1) is 0 Å². The van der Waals surface area contributed by atoms with Gasteiger partial charge < -0.3 is 19.3 Å². The van der Waals surface area contributed by atoms with E-state index in [0.29, 0.717) is 13.2 Å². The van der Waals surface area contributed by atoms with Gasteiger partial charge in [0.1, 0.15) is 18.0 Å². The van der Waals surface area contributed by atoms with Gasteiger partial charge in [0.15, 0.2) is 0 Å². The first-order valence-electron chi connectivity index (χ1n) is 10.3. The largest absolute Gasteiger partial charge is 0.490 e. The van der Waals surface area contributed by atoms with Crippen LogP contribution in [-0.4, -0.2) is 40.8 Å². The Morgan fingerprint density at radius 3 is 2.59 bits per heavy atom. The summed E-state index contributed by atoms with van der Waals surface area (Å²) in [5.74, 6) is 0.731. The highest BCUT2D eigenvalue weighted by Gasteiger charge is 2.32. The molecule has 1 atom stereocenters. The van der Waals surface area contributed by atoms with Crippen LogP contribution in [0.1, 0.15) is 44.7 Å². The summed E-state index contributed by atoms with van der Waals surface area (Å²) < 4.78 is 11.6. The highest BCUT2D eigenvalue weighted by atomic mass is 16.6. The summed E-state index contributed by atoms with van der Waals surface area (Å²) in [4.78, 5) is 20.9. The van der Waals surface area contributed by atoms with Gasteiger partial charge in [-0.05, 0) is 44.7 Å². The van der Waals surface area contributed by atoms with Crippen molar-refractivity contribution in [2.24, 2.45) is 0 Å². The van der Waals surface area contributed by atoms with Crippen LogP contribution >= 0.6 is 0 Å². The molecule has 6 nitrogen and oxygen atoms in total. The monoisotopic (exact) mass is 395 g/mol. The van der Waals surface area contributed by atoms with Crippen LogP contribution in [-0.2, 0) is 17.8 Å². The van der Waals surface area contributed by atoms with Gasteiger partial charge in [-0.1, -0.05) is 24.3 Å². The van der Waals surface area contributed by atoms with Crippen LogP contribution in [0.25, 0.3) is 0 Å². The number of likely N-dealkylation sites (tertiary alicyclic amines) is 1. The van der Waals surface area contributed by atoms with Crippen molar-refractivity contribution in [2.45, 2.75) is 58.3 Å². The first-order chi connectivity index (χ1) is 13.9. The van der Waals surface area contributed by atoms with E-state index in [4.69, 9.17) is 9.47 Å². The van der Waals surface area contributed by atoms with Gasteiger partial charge in [0.2, 0.25) is 0 Å². The molecular weight excluding hydrogens is 366 g/mol. The number of ether oxygens (including phenoxy) is 2. The van der Waals surface area contributed by atoms with Crippen molar-refractivity contribution < 1.29 is 14.3 Å². The molecule has 154 valence electrons. The first-order valence-corrected chi connectivity index (χ1v) is 10.3. The van der Waals surface area contributed by atoms with E-state index in [0.717, 1.165) is 37.4 Å². The molecule has 1 aromatic heterocycles. The summed E-state index contributed by atoms with van der Waals surface area (Å²) in [7, 11) is 0. The fourth-order valence-electron chi connectivity index (χ4n) is 3.94. The second-order valence-corrected chi connectivity index (χ2v) is 8.78. The minimum absolute atomic E-state index is 0.0320. The fraction of sp³-hybridized carbons (Fsp3) is 0.478. The van der Waals surface area contributed by atoms with Crippen LogP contribution in [0.3, 0.4) is 0 Å². The molecule has 3 heterocycles. The molecule has 0 unspecified atom stereocenters. The quantitative estimate of drug-likeness (QED) is 0.769. The zero-order chi connectivity index (χ0) is 20.4. The second kappa shape index (κ2) is 7.93. The molecule has 1 aromatic carbocycles. The van der Waals surface area contributed by atoms with E-state index in [9.17, 15) is 4.79 Å². The lowest BCUT2D eigenvalue weighted by Crippen LogP contribution is -2.42. The molecule has 0 saturated carbocycles. The van der Waals surface area contributed by atoms with E-state index >= 15 is 0 Å². The molecule has 0 aliphatic carbocycles. The minimum atomic E-state index is -0.489. The lowest BCUT2D eigenvalue weighted by molar-refractivity contribution is 0.0187. The third-order valence-electron chi connectivity index (χ3n) is 5.35. The number of amides is 1. The average Bonchev–Trinajstić information content (AvgIpc) is 3.32. The van der Waals surface area contributed by atoms with Gasteiger partial charge in [-0.25, -0.2) is 4.79 Å². The number of rotatable bonds is 4. The third-order valence-corrected chi connectivity index (χ3v) is 5.35. The van der Waals surface area contributed by atoms with Crippen molar-refractivity contribution in [3.8, 4) is 5.75 Å². The summed E-state index contributed by atoms with van der Waals surface area (Å²) in [6.07, 6.45) is 5.25. The van der Waals surface area contributed by atoms with Gasteiger partial charge >= 0.3 is 6.09 Å². The van der Waals surface area contributed by atoms with Gasteiger partial charge in [-0.2, -0.15) is 0 Å². The predicted molar refractivity (Wildman–Crippen MR) is 112 cm³/mol. The number of hydrogen-bond acceptors (Lipinski definition) is 5. The number of anilines is 1. The minimum Gasteiger partial charge on any atom is -0.490 e. The van der Waals surface area contributed by atoms with Gasteiger partial charge in [0, 0.05) is 25.7 Å². The van der Waals surface area contributed by atoms with Crippen LogP contribution < -0.4 is 9.64 Å². The summed E-state index contributed by atoms with van der Waals surface area (Å²) in [5, 5.41) is 0. The Morgan fingerprint density at radius 1 is 1.17 bits per heavy atom. The maximum atomic E-state index is 12.4. The van der Waals surface area contributed by atoms with Crippen LogP contribution in [0.5, 0.6) is 5.75 Å². The number of nitrogens with zero attached hydrogens (tertiary/aromatic N) is 3. The van der Waals surface area contributed by atoms with Crippen LogP contribution in [0.2, 0.25) is 0 Å². The van der Waals surface area contributed by atoms with Crippen molar-refractivity contribution in [2.75, 3.05) is 18.1 Å². The van der Waals surface area contributed by atoms with Gasteiger partial charge in [-0.3, -0.25) is 4.98 Å². The smallest absolute Gasteiger partial charge is 0.410 e. The van der Waals surface area contributed by atoms with Crippen LogP contribution in [0.15, 0.2) is 42.7 Å². The molecule has 1 fully saturated rings. The Hall–Kier alpha value is -2.76. The number of carbonyl (C=O) groups is 1. The topological polar surface area (TPSA) is 54.9 Å². The fourth-order valence-corrected chi connectivity index (χ4v) is 3.94. The molecule has 0 N–H and O–H groups in total. The average molecular weight is 396 g/mol. The number of fused-ring (bicyclic) bond motifs is 1. The molecule has 29 heavy (non-hydrogen) atoms. The Morgan fingerprint density at radius 2 is 1.90 bits per heavy atom. The molecule has 2 aliphatic heterocycles. The summed E-state index contributed by atoms with van der Waals surface area (Å²) in [6, 6.07) is 10.6. The molecular formula is C23H29N3O3. The van der Waals surface area contributed by atoms with Crippen molar-refractivity contribution in [1.82, 2.24) is 9.88 Å². The lowest BCUT2D eigenvalue weighted by Gasteiger charge is -2.28. The van der Waals surface area contributed by atoms with Gasteiger partial charge in [0.25, 0.3) is 0 Å².